The SMILES string of the molecule is C=NC(I)CS. The summed E-state index contributed by atoms with van der Waals surface area (Å²) in [6.45, 7) is 3.33. The van der Waals surface area contributed by atoms with E-state index in [1.807, 2.05) is 0 Å². The molecule has 0 aliphatic heterocycles. The molecule has 0 radical (unpaired) electrons. The molecule has 0 amide bonds. The number of nitrogens with zero attached hydrogens (tertiary/aromatic N) is 1. The molecule has 0 saturated heterocycles. The summed E-state index contributed by atoms with van der Waals surface area (Å²) in [5.74, 6) is 0.782. The molecule has 6 heavy (non-hydrogen) atoms. The van der Waals surface area contributed by atoms with Gasteiger partial charge in [-0.05, 0) is 6.72 Å². The van der Waals surface area contributed by atoms with Crippen LogP contribution in [-0.2, 0) is 0 Å². The third-order valence-electron chi connectivity index (χ3n) is 0.349. The Morgan fingerprint density at radius 1 is 2.00 bits per heavy atom. The molecular weight excluding hydrogens is 209 g/mol. The third kappa shape index (κ3) is 2.96. The zero-order chi connectivity index (χ0) is 4.99. The summed E-state index contributed by atoms with van der Waals surface area (Å²) in [6.07, 6.45) is 0. The molecule has 0 aromatic heterocycles. The van der Waals surface area contributed by atoms with Gasteiger partial charge in [0.25, 0.3) is 0 Å². The number of hydrogen-bond donors (Lipinski definition) is 1. The maximum absolute atomic E-state index is 3.95. The van der Waals surface area contributed by atoms with Gasteiger partial charge in [0.15, 0.2) is 0 Å². The van der Waals surface area contributed by atoms with Crippen LogP contribution in [0.1, 0.15) is 0 Å². The number of aliphatic imine (C=N–C) groups is 1. The Hall–Kier alpha value is 0.750. The molecule has 36 valence electrons. The Bertz CT molecular complexity index is 48.1. The molecular formula is C3H6INS. The van der Waals surface area contributed by atoms with Crippen LogP contribution in [0.3, 0.4) is 0 Å². The van der Waals surface area contributed by atoms with Crippen molar-refractivity contribution in [2.45, 2.75) is 4.05 Å². The molecule has 1 atom stereocenters. The van der Waals surface area contributed by atoms with Crippen molar-refractivity contribution in [3.63, 3.8) is 0 Å². The van der Waals surface area contributed by atoms with Crippen molar-refractivity contribution in [2.24, 2.45) is 4.99 Å². The lowest BCUT2D eigenvalue weighted by atomic mass is 10.8. The number of rotatable bonds is 2. The Balaban J connectivity index is 2.96. The molecule has 0 fully saturated rings. The smallest absolute Gasteiger partial charge is 0.109 e. The molecule has 0 bridgehead atoms. The lowest BCUT2D eigenvalue weighted by molar-refractivity contribution is 1.12. The van der Waals surface area contributed by atoms with Crippen molar-refractivity contribution in [3.8, 4) is 0 Å². The van der Waals surface area contributed by atoms with Gasteiger partial charge >= 0.3 is 0 Å². The summed E-state index contributed by atoms with van der Waals surface area (Å²) in [4.78, 5) is 3.67. The molecule has 0 saturated carbocycles. The minimum atomic E-state index is 0.283. The van der Waals surface area contributed by atoms with Crippen LogP contribution < -0.4 is 0 Å². The van der Waals surface area contributed by atoms with Crippen LogP contribution in [-0.4, -0.2) is 16.5 Å². The Labute approximate surface area is 56.8 Å². The predicted octanol–water partition coefficient (Wildman–Crippen LogP) is 1.38. The van der Waals surface area contributed by atoms with Crippen molar-refractivity contribution in [2.75, 3.05) is 5.75 Å². The van der Waals surface area contributed by atoms with Crippen LogP contribution in [0.5, 0.6) is 0 Å². The van der Waals surface area contributed by atoms with E-state index in [9.17, 15) is 0 Å². The molecule has 0 aliphatic carbocycles. The minimum absolute atomic E-state index is 0.283. The summed E-state index contributed by atoms with van der Waals surface area (Å²) in [7, 11) is 0. The maximum atomic E-state index is 3.95. The fraction of sp³-hybridized carbons (Fsp3) is 0.667. The molecule has 1 nitrogen and oxygen atoms in total. The number of thiol groups is 1. The molecule has 0 heterocycles. The van der Waals surface area contributed by atoms with Gasteiger partial charge in [0, 0.05) is 5.75 Å². The van der Waals surface area contributed by atoms with Crippen LogP contribution in [0.4, 0.5) is 0 Å². The van der Waals surface area contributed by atoms with E-state index in [0.29, 0.717) is 0 Å². The van der Waals surface area contributed by atoms with Crippen molar-refractivity contribution in [1.29, 1.82) is 0 Å². The summed E-state index contributed by atoms with van der Waals surface area (Å²) < 4.78 is 0.283. The normalized spacial score (nSPS) is 13.7. The molecule has 0 rings (SSSR count). The van der Waals surface area contributed by atoms with Gasteiger partial charge in [-0.3, -0.25) is 4.99 Å². The molecule has 0 spiro atoms. The van der Waals surface area contributed by atoms with E-state index in [4.69, 9.17) is 0 Å². The lowest BCUT2D eigenvalue weighted by Crippen LogP contribution is -1.90. The highest BCUT2D eigenvalue weighted by Crippen LogP contribution is 2.00. The topological polar surface area (TPSA) is 12.4 Å². The van der Waals surface area contributed by atoms with Gasteiger partial charge in [0.05, 0.1) is 0 Å². The number of alkyl halides is 1. The fourth-order valence-corrected chi connectivity index (χ4v) is 0.173. The summed E-state index contributed by atoms with van der Waals surface area (Å²) in [6, 6.07) is 0. The Morgan fingerprint density at radius 2 is 2.50 bits per heavy atom. The quantitative estimate of drug-likeness (QED) is 0.235. The van der Waals surface area contributed by atoms with E-state index in [0.717, 1.165) is 5.75 Å². The molecule has 0 N–H and O–H groups in total. The standard InChI is InChI=1S/C3H6INS/c1-5-3(4)2-6/h3,6H,1-2H2. The van der Waals surface area contributed by atoms with Gasteiger partial charge < -0.3 is 0 Å². The Kier molecular flexibility index (Phi) is 4.41. The average molecular weight is 215 g/mol. The van der Waals surface area contributed by atoms with Gasteiger partial charge in [0.2, 0.25) is 0 Å². The third-order valence-corrected chi connectivity index (χ3v) is 2.23. The lowest BCUT2D eigenvalue weighted by Gasteiger charge is -1.91. The van der Waals surface area contributed by atoms with Crippen LogP contribution in [0.15, 0.2) is 4.99 Å². The molecule has 0 aliphatic rings. The first-order valence-corrected chi connectivity index (χ1v) is 3.40. The highest BCUT2D eigenvalue weighted by Gasteiger charge is 1.88. The zero-order valence-electron chi connectivity index (χ0n) is 3.26. The number of hydrogen-bond acceptors (Lipinski definition) is 2. The average Bonchev–Trinajstić information content (AvgIpc) is 1.65. The first-order valence-electron chi connectivity index (χ1n) is 1.52. The highest BCUT2D eigenvalue weighted by atomic mass is 127. The fourth-order valence-electron chi connectivity index (χ4n) is 0.0577. The second kappa shape index (κ2) is 3.92. The van der Waals surface area contributed by atoms with Crippen molar-refractivity contribution in [1.82, 2.24) is 0 Å². The molecule has 1 unspecified atom stereocenters. The zero-order valence-corrected chi connectivity index (χ0v) is 6.32. The van der Waals surface area contributed by atoms with E-state index in [-0.39, 0.29) is 4.05 Å². The summed E-state index contributed by atoms with van der Waals surface area (Å²) in [5, 5.41) is 0. The van der Waals surface area contributed by atoms with Gasteiger partial charge in [0.1, 0.15) is 4.05 Å². The predicted molar refractivity (Wildman–Crippen MR) is 41.2 cm³/mol. The van der Waals surface area contributed by atoms with Crippen molar-refractivity contribution >= 4 is 41.9 Å². The van der Waals surface area contributed by atoms with E-state index in [1.165, 1.54) is 0 Å². The van der Waals surface area contributed by atoms with Crippen LogP contribution >= 0.6 is 35.2 Å². The van der Waals surface area contributed by atoms with Crippen LogP contribution in [0, 0.1) is 0 Å². The van der Waals surface area contributed by atoms with Gasteiger partial charge in [-0.25, -0.2) is 0 Å². The van der Waals surface area contributed by atoms with Gasteiger partial charge in [-0.1, -0.05) is 22.6 Å². The first kappa shape index (κ1) is 6.75. The first-order chi connectivity index (χ1) is 2.81. The van der Waals surface area contributed by atoms with E-state index in [1.54, 1.807) is 0 Å². The second-order valence-electron chi connectivity index (χ2n) is 0.800. The van der Waals surface area contributed by atoms with E-state index >= 15 is 0 Å². The largest absolute Gasteiger partial charge is 0.286 e. The second-order valence-corrected chi connectivity index (χ2v) is 2.60. The van der Waals surface area contributed by atoms with Crippen molar-refractivity contribution < 1.29 is 0 Å². The maximum Gasteiger partial charge on any atom is 0.109 e. The van der Waals surface area contributed by atoms with E-state index < -0.39 is 0 Å². The molecule has 0 aromatic carbocycles. The number of halogens is 1. The summed E-state index contributed by atoms with van der Waals surface area (Å²) >= 11 is 6.12. The summed E-state index contributed by atoms with van der Waals surface area (Å²) in [5.41, 5.74) is 0. The monoisotopic (exact) mass is 215 g/mol. The van der Waals surface area contributed by atoms with Gasteiger partial charge in [-0.15, -0.1) is 0 Å². The van der Waals surface area contributed by atoms with Gasteiger partial charge in [-0.2, -0.15) is 12.6 Å². The van der Waals surface area contributed by atoms with Crippen molar-refractivity contribution in [3.05, 3.63) is 0 Å². The van der Waals surface area contributed by atoms with Crippen LogP contribution in [0.2, 0.25) is 0 Å². The Morgan fingerprint density at radius 3 is 2.50 bits per heavy atom. The van der Waals surface area contributed by atoms with E-state index in [2.05, 4.69) is 46.9 Å². The molecule has 3 heteroatoms. The molecule has 0 aromatic rings. The highest BCUT2D eigenvalue weighted by molar-refractivity contribution is 14.1. The van der Waals surface area contributed by atoms with Crippen LogP contribution in [0.25, 0.3) is 0 Å². The minimum Gasteiger partial charge on any atom is -0.286 e.